The van der Waals surface area contributed by atoms with Crippen molar-refractivity contribution in [3.05, 3.63) is 153 Å². The summed E-state index contributed by atoms with van der Waals surface area (Å²) in [7, 11) is 0. The number of carbonyl (C=O) groups excluding carboxylic acids is 2. The Kier molecular flexibility index (Phi) is 14.1. The molecule has 0 unspecified atom stereocenters. The highest BCUT2D eigenvalue weighted by Gasteiger charge is 2.18. The maximum absolute atomic E-state index is 15.5. The van der Waals surface area contributed by atoms with Crippen LogP contribution in [0.3, 0.4) is 0 Å². The summed E-state index contributed by atoms with van der Waals surface area (Å²) in [6, 6.07) is 31.1. The van der Waals surface area contributed by atoms with Gasteiger partial charge in [-0.2, -0.15) is 4.98 Å². The van der Waals surface area contributed by atoms with E-state index >= 15 is 4.39 Å². The molecule has 0 aliphatic carbocycles. The standard InChI is InChI=1S/C45H47ClFN5O5/c1-3-4-7-19-39(50-45(55)57-29-32-16-10-6-11-17-32)34-20-22-36(23-21-34)52-27-35-26-40(49-42(35)51-43(52)53)37-24-33(25-38(46)41(37)47)18-12-13-30(2)48-44(54)56-28-31-14-8-5-9-15-31/h5-6,8-11,14-17,20-27,30,39H,3-4,7,12-13,18-19,28-29H2,1-2H3,(H,48,54)(H,50,55)(H,49,51,53)/t30-,39+/m0/s1. The number of aryl methyl sites for hydroxylation is 1. The second-order valence-electron chi connectivity index (χ2n) is 14.2. The lowest BCUT2D eigenvalue weighted by Gasteiger charge is -2.19. The van der Waals surface area contributed by atoms with Crippen LogP contribution in [0.25, 0.3) is 28.0 Å². The molecular weight excluding hydrogens is 745 g/mol. The zero-order chi connectivity index (χ0) is 40.1. The van der Waals surface area contributed by atoms with Gasteiger partial charge in [0.05, 0.1) is 22.4 Å². The van der Waals surface area contributed by atoms with Crippen LogP contribution in [0.2, 0.25) is 5.02 Å². The van der Waals surface area contributed by atoms with E-state index in [4.69, 9.17) is 21.1 Å². The number of benzene rings is 4. The first kappa shape index (κ1) is 40.7. The molecule has 0 aliphatic heterocycles. The molecule has 2 heterocycles. The largest absolute Gasteiger partial charge is 0.445 e. The third-order valence-corrected chi connectivity index (χ3v) is 10.0. The molecule has 6 rings (SSSR count). The summed E-state index contributed by atoms with van der Waals surface area (Å²) in [4.78, 5) is 45.7. The Bertz CT molecular complexity index is 2320. The molecule has 2 amide bonds. The zero-order valence-corrected chi connectivity index (χ0v) is 32.9. The highest BCUT2D eigenvalue weighted by atomic mass is 35.5. The van der Waals surface area contributed by atoms with Gasteiger partial charge in [0.15, 0.2) is 5.82 Å². The fourth-order valence-corrected chi connectivity index (χ4v) is 6.90. The van der Waals surface area contributed by atoms with E-state index in [2.05, 4.69) is 27.5 Å². The topological polar surface area (TPSA) is 127 Å². The first-order chi connectivity index (χ1) is 27.7. The van der Waals surface area contributed by atoms with Crippen LogP contribution in [0.5, 0.6) is 0 Å². The second-order valence-corrected chi connectivity index (χ2v) is 14.6. The Morgan fingerprint density at radius 2 is 1.47 bits per heavy atom. The van der Waals surface area contributed by atoms with Crippen LogP contribution >= 0.6 is 11.6 Å². The average molecular weight is 792 g/mol. The summed E-state index contributed by atoms with van der Waals surface area (Å²) in [6.07, 6.45) is 6.40. The summed E-state index contributed by atoms with van der Waals surface area (Å²) in [5, 5.41) is 6.46. The van der Waals surface area contributed by atoms with Crippen LogP contribution in [0.15, 0.2) is 114 Å². The number of alkyl carbamates (subject to hydrolysis) is 2. The average Bonchev–Trinajstić information content (AvgIpc) is 3.63. The Labute approximate surface area is 336 Å². The molecule has 3 N–H and O–H groups in total. The lowest BCUT2D eigenvalue weighted by molar-refractivity contribution is 0.134. The van der Waals surface area contributed by atoms with Crippen molar-refractivity contribution in [2.45, 2.75) is 84.1 Å². The van der Waals surface area contributed by atoms with E-state index in [1.165, 1.54) is 4.57 Å². The number of ether oxygens (including phenoxy) is 2. The van der Waals surface area contributed by atoms with E-state index in [0.29, 0.717) is 41.7 Å². The van der Waals surface area contributed by atoms with Crippen molar-refractivity contribution in [2.24, 2.45) is 0 Å². The van der Waals surface area contributed by atoms with Gasteiger partial charge in [0.1, 0.15) is 18.9 Å². The molecule has 0 bridgehead atoms. The van der Waals surface area contributed by atoms with Gasteiger partial charge in [0.25, 0.3) is 0 Å². The van der Waals surface area contributed by atoms with Crippen molar-refractivity contribution in [1.29, 1.82) is 0 Å². The van der Waals surface area contributed by atoms with Crippen LogP contribution in [-0.2, 0) is 29.1 Å². The molecule has 0 spiro atoms. The van der Waals surface area contributed by atoms with Crippen LogP contribution in [-0.4, -0.2) is 32.8 Å². The fraction of sp³-hybridized carbons (Fsp3) is 0.289. The van der Waals surface area contributed by atoms with Gasteiger partial charge in [0.2, 0.25) is 0 Å². The third kappa shape index (κ3) is 11.3. The van der Waals surface area contributed by atoms with E-state index in [-0.39, 0.29) is 35.9 Å². The number of rotatable bonds is 17. The van der Waals surface area contributed by atoms with Crippen molar-refractivity contribution in [1.82, 2.24) is 25.2 Å². The Morgan fingerprint density at radius 3 is 2.12 bits per heavy atom. The molecule has 12 heteroatoms. The highest BCUT2D eigenvalue weighted by Crippen LogP contribution is 2.31. The SMILES string of the molecule is CCCCC[C@@H](NC(=O)OCc1ccccc1)c1ccc(-n2cc3cc(-c4cc(CCC[C@H](C)NC(=O)OCc5ccccc5)cc(Cl)c4F)[nH]c3nc2=O)cc1. The number of carbonyl (C=O) groups is 2. The number of hydrogen-bond donors (Lipinski definition) is 3. The number of aromatic nitrogens is 3. The molecule has 4 aromatic carbocycles. The number of unbranched alkanes of at least 4 members (excludes halogenated alkanes) is 2. The number of nitrogens with one attached hydrogen (secondary N) is 3. The predicted octanol–water partition coefficient (Wildman–Crippen LogP) is 10.4. The molecule has 0 saturated heterocycles. The van der Waals surface area contributed by atoms with Gasteiger partial charge in [0, 0.05) is 23.2 Å². The quantitative estimate of drug-likeness (QED) is 0.0790. The molecule has 2 aromatic heterocycles. The summed E-state index contributed by atoms with van der Waals surface area (Å²) in [5.41, 5.74) is 4.61. The molecule has 6 aromatic rings. The molecular formula is C45H47ClFN5O5. The summed E-state index contributed by atoms with van der Waals surface area (Å²) in [5.74, 6) is -0.583. The number of amides is 2. The molecule has 0 saturated carbocycles. The van der Waals surface area contributed by atoms with Crippen molar-refractivity contribution in [3.8, 4) is 16.9 Å². The van der Waals surface area contributed by atoms with E-state index in [1.54, 1.807) is 24.4 Å². The van der Waals surface area contributed by atoms with Gasteiger partial charge in [-0.3, -0.25) is 4.57 Å². The van der Waals surface area contributed by atoms with Crippen LogP contribution in [0.1, 0.15) is 80.7 Å². The van der Waals surface area contributed by atoms with Gasteiger partial charge >= 0.3 is 17.9 Å². The van der Waals surface area contributed by atoms with Crippen molar-refractivity contribution >= 4 is 34.8 Å². The summed E-state index contributed by atoms with van der Waals surface area (Å²) < 4.78 is 27.7. The minimum Gasteiger partial charge on any atom is -0.445 e. The van der Waals surface area contributed by atoms with Gasteiger partial charge in [-0.05, 0) is 85.2 Å². The number of aromatic amines is 1. The van der Waals surface area contributed by atoms with E-state index < -0.39 is 23.7 Å². The number of fused-ring (bicyclic) bond motifs is 1. The van der Waals surface area contributed by atoms with Gasteiger partial charge in [-0.25, -0.2) is 18.8 Å². The van der Waals surface area contributed by atoms with Crippen LogP contribution < -0.4 is 16.3 Å². The monoisotopic (exact) mass is 791 g/mol. The van der Waals surface area contributed by atoms with E-state index in [0.717, 1.165) is 47.9 Å². The number of halogens is 2. The van der Waals surface area contributed by atoms with Crippen LogP contribution in [0.4, 0.5) is 14.0 Å². The highest BCUT2D eigenvalue weighted by molar-refractivity contribution is 6.31. The third-order valence-electron chi connectivity index (χ3n) is 9.74. The van der Waals surface area contributed by atoms with Crippen molar-refractivity contribution in [3.63, 3.8) is 0 Å². The molecule has 10 nitrogen and oxygen atoms in total. The first-order valence-electron chi connectivity index (χ1n) is 19.3. The molecule has 0 radical (unpaired) electrons. The van der Waals surface area contributed by atoms with E-state index in [9.17, 15) is 14.4 Å². The lowest BCUT2D eigenvalue weighted by atomic mass is 10.00. The van der Waals surface area contributed by atoms with E-state index in [1.807, 2.05) is 91.9 Å². The van der Waals surface area contributed by atoms with Crippen molar-refractivity contribution in [2.75, 3.05) is 0 Å². The molecule has 0 aliphatic rings. The Hall–Kier alpha value is -5.94. The zero-order valence-electron chi connectivity index (χ0n) is 32.1. The molecule has 57 heavy (non-hydrogen) atoms. The predicted molar refractivity (Wildman–Crippen MR) is 221 cm³/mol. The molecule has 0 fully saturated rings. The van der Waals surface area contributed by atoms with Gasteiger partial charge in [-0.1, -0.05) is 111 Å². The number of H-pyrrole nitrogens is 1. The Morgan fingerprint density at radius 1 is 0.825 bits per heavy atom. The first-order valence-corrected chi connectivity index (χ1v) is 19.7. The maximum atomic E-state index is 15.5. The normalized spacial score (nSPS) is 12.2. The summed E-state index contributed by atoms with van der Waals surface area (Å²) in [6.45, 7) is 4.40. The van der Waals surface area contributed by atoms with Gasteiger partial charge < -0.3 is 25.1 Å². The lowest BCUT2D eigenvalue weighted by Crippen LogP contribution is -2.33. The molecule has 2 atom stereocenters. The number of hydrogen-bond acceptors (Lipinski definition) is 6. The minimum atomic E-state index is -0.583. The van der Waals surface area contributed by atoms with Gasteiger partial charge in [-0.15, -0.1) is 0 Å². The van der Waals surface area contributed by atoms with Crippen molar-refractivity contribution < 1.29 is 23.5 Å². The minimum absolute atomic E-state index is 0.0172. The summed E-state index contributed by atoms with van der Waals surface area (Å²) >= 11 is 6.37. The maximum Gasteiger partial charge on any atom is 0.407 e. The second kappa shape index (κ2) is 19.8. The fourth-order valence-electron chi connectivity index (χ4n) is 6.66. The Balaban J connectivity index is 1.11. The smallest absolute Gasteiger partial charge is 0.407 e. The van der Waals surface area contributed by atoms with Crippen LogP contribution in [0, 0.1) is 5.82 Å². The molecule has 296 valence electrons. The number of nitrogens with zero attached hydrogens (tertiary/aromatic N) is 2.